The Labute approximate surface area is 220 Å². The van der Waals surface area contributed by atoms with E-state index in [4.69, 9.17) is 19.4 Å². The highest BCUT2D eigenvalue weighted by Crippen LogP contribution is 2.33. The van der Waals surface area contributed by atoms with Gasteiger partial charge in [-0.3, -0.25) is 4.40 Å². The number of hydrogen-bond donors (Lipinski definition) is 1. The third-order valence-corrected chi connectivity index (χ3v) is 6.13. The van der Waals surface area contributed by atoms with Gasteiger partial charge >= 0.3 is 0 Å². The zero-order valence-electron chi connectivity index (χ0n) is 21.8. The first-order chi connectivity index (χ1) is 18.5. The van der Waals surface area contributed by atoms with E-state index in [1.807, 2.05) is 49.0 Å². The molecule has 194 valence electrons. The number of halogens is 1. The highest BCUT2D eigenvalue weighted by atomic mass is 19.1. The average Bonchev–Trinajstić information content (AvgIpc) is 3.30. The minimum Gasteiger partial charge on any atom is -0.493 e. The average molecular weight is 513 g/mol. The van der Waals surface area contributed by atoms with Gasteiger partial charge in [0.1, 0.15) is 11.5 Å². The number of ether oxygens (including phenoxy) is 2. The molecular formula is C29H29FN6O2. The minimum atomic E-state index is -0.297. The monoisotopic (exact) mass is 512 g/mol. The molecule has 8 nitrogen and oxygen atoms in total. The van der Waals surface area contributed by atoms with Gasteiger partial charge in [0.05, 0.1) is 31.3 Å². The Morgan fingerprint density at radius 2 is 1.79 bits per heavy atom. The number of nitrogens with zero attached hydrogens (tertiary/aromatic N) is 5. The molecule has 0 fully saturated rings. The maximum atomic E-state index is 13.7. The second-order valence-electron chi connectivity index (χ2n) is 9.09. The fraction of sp³-hybridized carbons (Fsp3) is 0.207. The molecule has 5 aromatic rings. The number of hydrogen-bond acceptors (Lipinski definition) is 7. The summed E-state index contributed by atoms with van der Waals surface area (Å²) in [6, 6.07) is 18.0. The van der Waals surface area contributed by atoms with Crippen LogP contribution in [0.1, 0.15) is 11.1 Å². The second kappa shape index (κ2) is 10.9. The summed E-state index contributed by atoms with van der Waals surface area (Å²) >= 11 is 0. The molecule has 38 heavy (non-hydrogen) atoms. The molecule has 0 unspecified atom stereocenters. The Morgan fingerprint density at radius 3 is 2.53 bits per heavy atom. The first-order valence-corrected chi connectivity index (χ1v) is 12.2. The highest BCUT2D eigenvalue weighted by Gasteiger charge is 2.19. The molecule has 3 heterocycles. The molecule has 0 amide bonds. The predicted molar refractivity (Wildman–Crippen MR) is 146 cm³/mol. The number of fused-ring (bicyclic) bond motifs is 1. The lowest BCUT2D eigenvalue weighted by molar-refractivity contribution is 0.352. The zero-order valence-corrected chi connectivity index (χ0v) is 21.8. The van der Waals surface area contributed by atoms with E-state index >= 15 is 0 Å². The summed E-state index contributed by atoms with van der Waals surface area (Å²) in [5.74, 6) is 1.47. The highest BCUT2D eigenvalue weighted by molar-refractivity contribution is 5.80. The second-order valence-corrected chi connectivity index (χ2v) is 9.09. The molecule has 1 N–H and O–H groups in total. The number of methoxy groups -OCH3 is 2. The van der Waals surface area contributed by atoms with E-state index in [9.17, 15) is 4.39 Å². The summed E-state index contributed by atoms with van der Waals surface area (Å²) in [7, 11) is 7.28. The smallest absolute Gasteiger partial charge is 0.223 e. The normalized spacial score (nSPS) is 11.2. The van der Waals surface area contributed by atoms with Gasteiger partial charge in [-0.2, -0.15) is 0 Å². The number of nitrogens with one attached hydrogen (secondary N) is 1. The van der Waals surface area contributed by atoms with E-state index in [1.54, 1.807) is 32.5 Å². The van der Waals surface area contributed by atoms with E-state index in [0.29, 0.717) is 35.4 Å². The van der Waals surface area contributed by atoms with Crippen LogP contribution in [0.2, 0.25) is 0 Å². The molecule has 9 heteroatoms. The van der Waals surface area contributed by atoms with E-state index in [-0.39, 0.29) is 5.82 Å². The van der Waals surface area contributed by atoms with Crippen LogP contribution < -0.4 is 14.8 Å². The van der Waals surface area contributed by atoms with Crippen LogP contribution in [-0.2, 0) is 13.1 Å². The molecule has 3 aromatic heterocycles. The van der Waals surface area contributed by atoms with Crippen LogP contribution in [0.15, 0.2) is 73.1 Å². The Hall–Kier alpha value is -4.50. The molecule has 5 rings (SSSR count). The minimum absolute atomic E-state index is 0.297. The fourth-order valence-corrected chi connectivity index (χ4v) is 4.45. The van der Waals surface area contributed by atoms with Gasteiger partial charge in [0.15, 0.2) is 11.5 Å². The van der Waals surface area contributed by atoms with Crippen LogP contribution >= 0.6 is 0 Å². The summed E-state index contributed by atoms with van der Waals surface area (Å²) in [4.78, 5) is 16.3. The number of rotatable bonds is 9. The molecular weight excluding hydrogens is 483 g/mol. The summed E-state index contributed by atoms with van der Waals surface area (Å²) in [6.45, 7) is 1.23. The number of imidazole rings is 1. The van der Waals surface area contributed by atoms with Crippen molar-refractivity contribution in [3.8, 4) is 34.1 Å². The van der Waals surface area contributed by atoms with Crippen molar-refractivity contribution in [1.82, 2.24) is 24.3 Å². The number of anilines is 1. The van der Waals surface area contributed by atoms with Gasteiger partial charge in [-0.25, -0.2) is 19.3 Å². The van der Waals surface area contributed by atoms with Crippen molar-refractivity contribution >= 4 is 11.6 Å². The zero-order chi connectivity index (χ0) is 26.6. The van der Waals surface area contributed by atoms with Crippen LogP contribution in [0.25, 0.3) is 28.3 Å². The first kappa shape index (κ1) is 25.2. The van der Waals surface area contributed by atoms with Crippen LogP contribution in [0.3, 0.4) is 0 Å². The predicted octanol–water partition coefficient (Wildman–Crippen LogP) is 5.29. The molecule has 2 aromatic carbocycles. The van der Waals surface area contributed by atoms with Gasteiger partial charge in [0.25, 0.3) is 0 Å². The topological polar surface area (TPSA) is 76.8 Å². The van der Waals surface area contributed by atoms with Crippen LogP contribution in [0, 0.1) is 5.82 Å². The molecule has 0 aliphatic rings. The van der Waals surface area contributed by atoms with Crippen molar-refractivity contribution in [2.75, 3.05) is 33.6 Å². The Kier molecular flexibility index (Phi) is 7.19. The van der Waals surface area contributed by atoms with Crippen LogP contribution in [-0.4, -0.2) is 52.6 Å². The Bertz CT molecular complexity index is 1570. The third kappa shape index (κ3) is 5.14. The molecule has 0 saturated heterocycles. The first-order valence-electron chi connectivity index (χ1n) is 12.2. The Morgan fingerprint density at radius 1 is 0.974 bits per heavy atom. The lowest BCUT2D eigenvalue weighted by atomic mass is 10.1. The summed E-state index contributed by atoms with van der Waals surface area (Å²) in [6.07, 6.45) is 3.71. The molecule has 0 aliphatic carbocycles. The van der Waals surface area contributed by atoms with Crippen LogP contribution in [0.5, 0.6) is 11.5 Å². The Balaban J connectivity index is 1.54. The van der Waals surface area contributed by atoms with Crippen molar-refractivity contribution in [2.45, 2.75) is 13.1 Å². The van der Waals surface area contributed by atoms with Crippen LogP contribution in [0.4, 0.5) is 10.3 Å². The van der Waals surface area contributed by atoms with Gasteiger partial charge < -0.3 is 19.7 Å². The van der Waals surface area contributed by atoms with Gasteiger partial charge in [0, 0.05) is 36.6 Å². The fourth-order valence-electron chi connectivity index (χ4n) is 4.45. The van der Waals surface area contributed by atoms with E-state index in [2.05, 4.69) is 27.3 Å². The number of para-hydroxylation sites is 1. The van der Waals surface area contributed by atoms with Gasteiger partial charge in [-0.1, -0.05) is 12.1 Å². The van der Waals surface area contributed by atoms with Crippen molar-refractivity contribution in [3.05, 3.63) is 90.0 Å². The SMILES string of the molecule is COc1cccc(CNc2nccc(-c3c(-c4ccc(F)cc4)nc4cc(CN(C)C)ccn34)n2)c1OC. The van der Waals surface area contributed by atoms with E-state index in [1.165, 1.54) is 12.1 Å². The lowest BCUT2D eigenvalue weighted by Gasteiger charge is -2.13. The summed E-state index contributed by atoms with van der Waals surface area (Å²) < 4.78 is 26.7. The van der Waals surface area contributed by atoms with Crippen molar-refractivity contribution in [3.63, 3.8) is 0 Å². The number of pyridine rings is 1. The standard InChI is InChI=1S/C29H29FN6O2/c1-35(2)18-19-13-15-36-25(16-19)34-26(20-8-10-22(30)11-9-20)27(36)23-12-14-31-29(33-23)32-17-21-6-5-7-24(37-3)28(21)38-4/h5-16H,17-18H2,1-4H3,(H,31,32,33). The third-order valence-electron chi connectivity index (χ3n) is 6.13. The molecule has 0 radical (unpaired) electrons. The summed E-state index contributed by atoms with van der Waals surface area (Å²) in [5, 5.41) is 3.29. The summed E-state index contributed by atoms with van der Waals surface area (Å²) in [5.41, 5.74) is 5.84. The van der Waals surface area contributed by atoms with Crippen molar-refractivity contribution in [1.29, 1.82) is 0 Å². The van der Waals surface area contributed by atoms with E-state index < -0.39 is 0 Å². The number of aromatic nitrogens is 4. The van der Waals surface area contributed by atoms with Crippen molar-refractivity contribution < 1.29 is 13.9 Å². The maximum absolute atomic E-state index is 13.7. The molecule has 0 spiro atoms. The lowest BCUT2D eigenvalue weighted by Crippen LogP contribution is -2.10. The van der Waals surface area contributed by atoms with E-state index in [0.717, 1.165) is 34.6 Å². The molecule has 0 aliphatic heterocycles. The molecule has 0 saturated carbocycles. The van der Waals surface area contributed by atoms with Gasteiger partial charge in [-0.05, 0) is 68.2 Å². The largest absolute Gasteiger partial charge is 0.493 e. The molecule has 0 atom stereocenters. The van der Waals surface area contributed by atoms with Crippen molar-refractivity contribution in [2.24, 2.45) is 0 Å². The maximum Gasteiger partial charge on any atom is 0.223 e. The van der Waals surface area contributed by atoms with Gasteiger partial charge in [-0.15, -0.1) is 0 Å². The molecule has 0 bridgehead atoms. The quantitative estimate of drug-likeness (QED) is 0.288. The van der Waals surface area contributed by atoms with Gasteiger partial charge in [0.2, 0.25) is 5.95 Å². The number of benzene rings is 2.